The lowest BCUT2D eigenvalue weighted by molar-refractivity contribution is -0.307. The van der Waals surface area contributed by atoms with Crippen molar-refractivity contribution in [1.82, 2.24) is 4.98 Å². The molecule has 1 aromatic rings. The van der Waals surface area contributed by atoms with Gasteiger partial charge in [0.05, 0.1) is 13.3 Å². The molecule has 0 aromatic carbocycles. The molecule has 1 N–H and O–H groups in total. The first-order chi connectivity index (χ1) is 8.57. The van der Waals surface area contributed by atoms with Gasteiger partial charge in [0.1, 0.15) is 11.9 Å². The number of pyridine rings is 1. The molecule has 0 spiro atoms. The highest BCUT2D eigenvalue weighted by atomic mass is 19.4. The molecule has 0 saturated carbocycles. The van der Waals surface area contributed by atoms with Crippen molar-refractivity contribution in [2.45, 2.75) is 18.5 Å². The predicted octanol–water partition coefficient (Wildman–Crippen LogP) is 2.86. The number of aromatic nitrogens is 1. The van der Waals surface area contributed by atoms with Crippen LogP contribution in [0.5, 0.6) is 5.75 Å². The summed E-state index contributed by atoms with van der Waals surface area (Å²) >= 11 is 0. The van der Waals surface area contributed by atoms with Gasteiger partial charge in [0.2, 0.25) is 0 Å². The minimum atomic E-state index is -5.62. The van der Waals surface area contributed by atoms with Gasteiger partial charge in [-0.1, -0.05) is 0 Å². The molecular weight excluding hydrogens is 280 g/mol. The standard InChI is InChI=1S/C10H9F6NO2/c1-19-6-2-5(3-17-4-6)7(18)8(9(11,12)13)10(14,15)16/h2-4,7-8,18H,1H3. The number of hydrogen-bond donors (Lipinski definition) is 1. The molecule has 0 amide bonds. The van der Waals surface area contributed by atoms with Crippen molar-refractivity contribution in [3.05, 3.63) is 24.0 Å². The number of aliphatic hydroxyl groups excluding tert-OH is 1. The molecule has 108 valence electrons. The summed E-state index contributed by atoms with van der Waals surface area (Å²) in [4.78, 5) is 3.40. The Morgan fingerprint density at radius 3 is 2.05 bits per heavy atom. The van der Waals surface area contributed by atoms with E-state index in [1.807, 2.05) is 0 Å². The summed E-state index contributed by atoms with van der Waals surface area (Å²) in [6.07, 6.45) is -12.2. The van der Waals surface area contributed by atoms with Crippen molar-refractivity contribution >= 4 is 0 Å². The van der Waals surface area contributed by atoms with Gasteiger partial charge >= 0.3 is 12.4 Å². The maximum atomic E-state index is 12.4. The van der Waals surface area contributed by atoms with E-state index >= 15 is 0 Å². The van der Waals surface area contributed by atoms with Crippen LogP contribution < -0.4 is 4.74 Å². The quantitative estimate of drug-likeness (QED) is 0.870. The van der Waals surface area contributed by atoms with Gasteiger partial charge in [-0.25, -0.2) is 0 Å². The molecular formula is C10H9F6NO2. The molecule has 0 saturated heterocycles. The summed E-state index contributed by atoms with van der Waals surface area (Å²) in [5.41, 5.74) is -0.626. The zero-order valence-electron chi connectivity index (χ0n) is 9.46. The Kier molecular flexibility index (Phi) is 4.28. The highest BCUT2D eigenvalue weighted by molar-refractivity contribution is 5.25. The Bertz CT molecular complexity index is 417. The average Bonchev–Trinajstić information content (AvgIpc) is 2.25. The molecule has 0 aliphatic carbocycles. The van der Waals surface area contributed by atoms with Crippen molar-refractivity contribution in [1.29, 1.82) is 0 Å². The molecule has 0 fully saturated rings. The lowest BCUT2D eigenvalue weighted by Crippen LogP contribution is -2.40. The van der Waals surface area contributed by atoms with Gasteiger partial charge in [-0.2, -0.15) is 26.3 Å². The van der Waals surface area contributed by atoms with Gasteiger partial charge in [0.25, 0.3) is 0 Å². The van der Waals surface area contributed by atoms with E-state index in [9.17, 15) is 31.4 Å². The third-order valence-corrected chi connectivity index (χ3v) is 2.33. The van der Waals surface area contributed by atoms with Crippen LogP contribution in [0.25, 0.3) is 0 Å². The maximum Gasteiger partial charge on any atom is 0.403 e. The fourth-order valence-corrected chi connectivity index (χ4v) is 1.45. The Morgan fingerprint density at radius 2 is 1.63 bits per heavy atom. The van der Waals surface area contributed by atoms with Crippen LogP contribution in [0.3, 0.4) is 0 Å². The Morgan fingerprint density at radius 1 is 1.11 bits per heavy atom. The first kappa shape index (κ1) is 15.5. The van der Waals surface area contributed by atoms with E-state index in [1.165, 1.54) is 0 Å². The van der Waals surface area contributed by atoms with E-state index in [1.54, 1.807) is 0 Å². The first-order valence-electron chi connectivity index (χ1n) is 4.87. The second-order valence-electron chi connectivity index (χ2n) is 3.66. The molecule has 1 heterocycles. The van der Waals surface area contributed by atoms with Crippen LogP contribution in [-0.2, 0) is 0 Å². The number of aliphatic hydroxyl groups is 1. The van der Waals surface area contributed by atoms with E-state index in [-0.39, 0.29) is 5.75 Å². The van der Waals surface area contributed by atoms with Crippen LogP contribution >= 0.6 is 0 Å². The molecule has 0 bridgehead atoms. The molecule has 1 rings (SSSR count). The normalized spacial score (nSPS) is 14.6. The van der Waals surface area contributed by atoms with Crippen LogP contribution in [0.2, 0.25) is 0 Å². The molecule has 1 aromatic heterocycles. The summed E-state index contributed by atoms with van der Waals surface area (Å²) in [5.74, 6) is -3.94. The lowest BCUT2D eigenvalue weighted by Gasteiger charge is -2.27. The van der Waals surface area contributed by atoms with Gasteiger partial charge in [-0.05, 0) is 6.07 Å². The van der Waals surface area contributed by atoms with E-state index < -0.39 is 29.9 Å². The number of nitrogens with zero attached hydrogens (tertiary/aromatic N) is 1. The third-order valence-electron chi connectivity index (χ3n) is 2.33. The second kappa shape index (κ2) is 5.24. The fraction of sp³-hybridized carbons (Fsp3) is 0.500. The van der Waals surface area contributed by atoms with Gasteiger partial charge in [-0.3, -0.25) is 4.98 Å². The van der Waals surface area contributed by atoms with Gasteiger partial charge in [0, 0.05) is 11.8 Å². The molecule has 9 heteroatoms. The van der Waals surface area contributed by atoms with Gasteiger partial charge in [0.15, 0.2) is 5.92 Å². The SMILES string of the molecule is COc1cncc(C(O)C(C(F)(F)F)C(F)(F)F)c1. The Labute approximate surface area is 103 Å². The van der Waals surface area contributed by atoms with Gasteiger partial charge in [-0.15, -0.1) is 0 Å². The van der Waals surface area contributed by atoms with Crippen molar-refractivity contribution in [2.75, 3.05) is 7.11 Å². The molecule has 19 heavy (non-hydrogen) atoms. The molecule has 3 nitrogen and oxygen atoms in total. The minimum Gasteiger partial charge on any atom is -0.495 e. The van der Waals surface area contributed by atoms with E-state index in [0.717, 1.165) is 25.6 Å². The van der Waals surface area contributed by atoms with Crippen LogP contribution in [0.15, 0.2) is 18.5 Å². The number of halogens is 6. The zero-order valence-corrected chi connectivity index (χ0v) is 9.46. The van der Waals surface area contributed by atoms with Gasteiger partial charge < -0.3 is 9.84 Å². The molecule has 0 aliphatic rings. The van der Waals surface area contributed by atoms with E-state index in [0.29, 0.717) is 0 Å². The molecule has 0 radical (unpaired) electrons. The van der Waals surface area contributed by atoms with Crippen LogP contribution in [0.1, 0.15) is 11.7 Å². The van der Waals surface area contributed by atoms with E-state index in [4.69, 9.17) is 0 Å². The second-order valence-corrected chi connectivity index (χ2v) is 3.66. The average molecular weight is 289 g/mol. The minimum absolute atomic E-state index is 0.0559. The fourth-order valence-electron chi connectivity index (χ4n) is 1.45. The summed E-state index contributed by atoms with van der Waals surface area (Å²) in [7, 11) is 1.16. The van der Waals surface area contributed by atoms with Crippen LogP contribution in [0.4, 0.5) is 26.3 Å². The summed E-state index contributed by atoms with van der Waals surface area (Å²) in [6, 6.07) is 0.863. The highest BCUT2D eigenvalue weighted by Crippen LogP contribution is 2.46. The molecule has 1 unspecified atom stereocenters. The Balaban J connectivity index is 3.16. The van der Waals surface area contributed by atoms with E-state index in [2.05, 4.69) is 9.72 Å². The maximum absolute atomic E-state index is 12.4. The summed E-state index contributed by atoms with van der Waals surface area (Å²) in [6.45, 7) is 0. The number of alkyl halides is 6. The van der Waals surface area contributed by atoms with Crippen molar-refractivity contribution in [3.63, 3.8) is 0 Å². The van der Waals surface area contributed by atoms with Crippen LogP contribution in [-0.4, -0.2) is 29.6 Å². The Hall–Kier alpha value is -1.51. The summed E-state index contributed by atoms with van der Waals surface area (Å²) < 4.78 is 79.0. The largest absolute Gasteiger partial charge is 0.495 e. The number of ether oxygens (including phenoxy) is 1. The molecule has 0 aliphatic heterocycles. The lowest BCUT2D eigenvalue weighted by atomic mass is 9.95. The van der Waals surface area contributed by atoms with Crippen LogP contribution in [0, 0.1) is 5.92 Å². The van der Waals surface area contributed by atoms with Crippen molar-refractivity contribution < 1.29 is 36.2 Å². The van der Waals surface area contributed by atoms with Crippen molar-refractivity contribution in [3.8, 4) is 5.75 Å². The third kappa shape index (κ3) is 3.72. The highest BCUT2D eigenvalue weighted by Gasteiger charge is 2.60. The first-order valence-corrected chi connectivity index (χ1v) is 4.87. The monoisotopic (exact) mass is 289 g/mol. The number of rotatable bonds is 3. The molecule has 1 atom stereocenters. The number of methoxy groups -OCH3 is 1. The zero-order chi connectivity index (χ0) is 14.8. The van der Waals surface area contributed by atoms with Crippen molar-refractivity contribution in [2.24, 2.45) is 5.92 Å². The summed E-state index contributed by atoms with van der Waals surface area (Å²) in [5, 5.41) is 9.34. The predicted molar refractivity (Wildman–Crippen MR) is 51.3 cm³/mol. The number of hydrogen-bond acceptors (Lipinski definition) is 3. The topological polar surface area (TPSA) is 42.4 Å². The smallest absolute Gasteiger partial charge is 0.403 e.